The van der Waals surface area contributed by atoms with Crippen LogP contribution in [0.1, 0.15) is 15.9 Å². The molecule has 0 atom stereocenters. The monoisotopic (exact) mass is 228 g/mol. The highest BCUT2D eigenvalue weighted by Gasteiger charge is 2.08. The fourth-order valence-corrected chi connectivity index (χ4v) is 2.43. The molecule has 0 bridgehead atoms. The maximum atomic E-state index is 11.6. The minimum Gasteiger partial charge on any atom is -0.465 e. The fourth-order valence-electron chi connectivity index (χ4n) is 1.35. The first-order valence-corrected chi connectivity index (χ1v) is 7.42. The molecule has 3 nitrogen and oxygen atoms in total. The van der Waals surface area contributed by atoms with E-state index in [1.54, 1.807) is 30.7 Å². The number of hydrogen-bond donors (Lipinski definition) is 1. The van der Waals surface area contributed by atoms with Crippen molar-refractivity contribution >= 4 is 15.9 Å². The van der Waals surface area contributed by atoms with Gasteiger partial charge in [-0.15, -0.1) is 9.93 Å². The van der Waals surface area contributed by atoms with E-state index in [4.69, 9.17) is 0 Å². The molecule has 0 N–H and O–H groups in total. The highest BCUT2D eigenvalue weighted by atomic mass is 32.2. The summed E-state index contributed by atoms with van der Waals surface area (Å²) in [6, 6.07) is 7.06. The molecule has 0 unspecified atom stereocenters. The minimum atomic E-state index is -2.10. The number of hydrogen-bond acceptors (Lipinski definition) is 3. The number of methoxy groups -OCH3 is 1. The Balaban J connectivity index is 2.93. The molecule has 0 spiro atoms. The van der Waals surface area contributed by atoms with Crippen molar-refractivity contribution in [3.8, 4) is 0 Å². The summed E-state index contributed by atoms with van der Waals surface area (Å²) in [5.41, 5.74) is 1.41. The second-order valence-corrected chi connectivity index (χ2v) is 7.39. The van der Waals surface area contributed by atoms with E-state index < -0.39 is 9.93 Å². The highest BCUT2D eigenvalue weighted by molar-refractivity contribution is 8.00. The third kappa shape index (κ3) is 3.83. The molecule has 84 valence electrons. The Kier molecular flexibility index (Phi) is 3.63. The minimum absolute atomic E-state index is 0.362. The fraction of sp³-hybridized carbons (Fsp3) is 0.364. The van der Waals surface area contributed by atoms with Gasteiger partial charge in [0.05, 0.1) is 12.7 Å². The first-order chi connectivity index (χ1) is 6.92. The van der Waals surface area contributed by atoms with Crippen LogP contribution >= 0.6 is 0 Å². The Labute approximate surface area is 90.9 Å². The molecule has 1 aromatic carbocycles. The molecule has 0 saturated heterocycles. The number of esters is 1. The van der Waals surface area contributed by atoms with Gasteiger partial charge in [-0.1, -0.05) is 12.1 Å². The summed E-state index contributed by atoms with van der Waals surface area (Å²) in [5, 5.41) is 0. The zero-order valence-corrected chi connectivity index (χ0v) is 10.1. The van der Waals surface area contributed by atoms with Crippen LogP contribution in [-0.2, 0) is 20.4 Å². The maximum absolute atomic E-state index is 11.6. The summed E-state index contributed by atoms with van der Waals surface area (Å²) in [6.07, 6.45) is 3.47. The molecule has 0 saturated carbocycles. The van der Waals surface area contributed by atoms with Crippen molar-refractivity contribution in [3.63, 3.8) is 0 Å². The molecule has 0 aliphatic heterocycles. The Morgan fingerprint density at radius 1 is 1.40 bits per heavy atom. The van der Waals surface area contributed by atoms with Crippen molar-refractivity contribution in [2.45, 2.75) is 5.75 Å². The Morgan fingerprint density at radius 3 is 2.60 bits per heavy atom. The van der Waals surface area contributed by atoms with E-state index in [1.807, 2.05) is 6.07 Å². The van der Waals surface area contributed by atoms with E-state index in [0.717, 1.165) is 5.56 Å². The molecular formula is C11H16O3S. The van der Waals surface area contributed by atoms with Gasteiger partial charge in [-0.05, 0) is 30.2 Å². The Hall–Kier alpha value is -1.16. The summed E-state index contributed by atoms with van der Waals surface area (Å²) < 4.78 is 16.2. The lowest BCUT2D eigenvalue weighted by Crippen LogP contribution is -2.10. The van der Waals surface area contributed by atoms with Gasteiger partial charge in [-0.25, -0.2) is 4.79 Å². The van der Waals surface area contributed by atoms with Gasteiger partial charge < -0.3 is 4.74 Å². The molecule has 1 rings (SSSR count). The normalized spacial score (nSPS) is 12.2. The third-order valence-electron chi connectivity index (χ3n) is 1.91. The maximum Gasteiger partial charge on any atom is 0.337 e. The second kappa shape index (κ2) is 4.57. The van der Waals surface area contributed by atoms with Crippen molar-refractivity contribution in [2.24, 2.45) is 0 Å². The lowest BCUT2D eigenvalue weighted by atomic mass is 10.1. The largest absolute Gasteiger partial charge is 0.465 e. The van der Waals surface area contributed by atoms with Gasteiger partial charge >= 0.3 is 5.97 Å². The van der Waals surface area contributed by atoms with E-state index >= 15 is 0 Å². The van der Waals surface area contributed by atoms with Crippen LogP contribution in [-0.4, -0.2) is 29.8 Å². The molecule has 0 radical (unpaired) electrons. The lowest BCUT2D eigenvalue weighted by molar-refractivity contribution is 0.0600. The first-order valence-electron chi connectivity index (χ1n) is 4.63. The highest BCUT2D eigenvalue weighted by Crippen LogP contribution is 2.11. The molecule has 0 aliphatic carbocycles. The lowest BCUT2D eigenvalue weighted by Gasteiger charge is -2.12. The molecule has 0 aromatic heterocycles. The van der Waals surface area contributed by atoms with Crippen molar-refractivity contribution in [3.05, 3.63) is 35.4 Å². The molecule has 0 aliphatic rings. The molecule has 4 heteroatoms. The number of carbonyl (C=O) groups excluding carboxylic acids is 1. The predicted octanol–water partition coefficient (Wildman–Crippen LogP) is 1.25. The van der Waals surface area contributed by atoms with Gasteiger partial charge in [0, 0.05) is 5.75 Å². The summed E-state index contributed by atoms with van der Waals surface area (Å²) in [4.78, 5) is 11.2. The molecule has 15 heavy (non-hydrogen) atoms. The van der Waals surface area contributed by atoms with Crippen molar-refractivity contribution in [1.82, 2.24) is 0 Å². The summed E-state index contributed by atoms with van der Waals surface area (Å²) in [6.45, 7) is 0. The van der Waals surface area contributed by atoms with Crippen LogP contribution in [0, 0.1) is 0 Å². The molecule has 0 heterocycles. The Bertz CT molecular complexity index is 406. The zero-order chi connectivity index (χ0) is 11.5. The van der Waals surface area contributed by atoms with Crippen molar-refractivity contribution < 1.29 is 13.7 Å². The summed E-state index contributed by atoms with van der Waals surface area (Å²) in [7, 11) is -0.751. The standard InChI is InChI=1S/C11H16O3S/c1-14-11(12)10-6-4-5-9(7-10)8-15(2,3)13/h4-7,15H,8H2,1-3H3. The van der Waals surface area contributed by atoms with Gasteiger partial charge in [-0.3, -0.25) is 4.21 Å². The average Bonchev–Trinajstić information content (AvgIpc) is 2.14. The van der Waals surface area contributed by atoms with Crippen LogP contribution in [0.25, 0.3) is 0 Å². The molecule has 0 fully saturated rings. The van der Waals surface area contributed by atoms with Crippen LogP contribution in [0.3, 0.4) is 0 Å². The average molecular weight is 228 g/mol. The van der Waals surface area contributed by atoms with E-state index in [0.29, 0.717) is 11.3 Å². The van der Waals surface area contributed by atoms with Crippen molar-refractivity contribution in [1.29, 1.82) is 0 Å². The smallest absolute Gasteiger partial charge is 0.337 e. The zero-order valence-electron chi connectivity index (χ0n) is 9.19. The van der Waals surface area contributed by atoms with Gasteiger partial charge in [0.15, 0.2) is 0 Å². The van der Waals surface area contributed by atoms with E-state index in [-0.39, 0.29) is 5.97 Å². The van der Waals surface area contributed by atoms with E-state index in [1.165, 1.54) is 7.11 Å². The van der Waals surface area contributed by atoms with Crippen LogP contribution in [0.5, 0.6) is 0 Å². The van der Waals surface area contributed by atoms with Crippen LogP contribution in [0.4, 0.5) is 0 Å². The number of benzene rings is 1. The number of rotatable bonds is 3. The summed E-state index contributed by atoms with van der Waals surface area (Å²) in [5.74, 6) is 0.150. The third-order valence-corrected chi connectivity index (χ3v) is 3.04. The predicted molar refractivity (Wildman–Crippen MR) is 62.9 cm³/mol. The molecule has 0 amide bonds. The molecule has 1 aromatic rings. The van der Waals surface area contributed by atoms with Gasteiger partial charge in [0.25, 0.3) is 0 Å². The van der Waals surface area contributed by atoms with Gasteiger partial charge in [0.2, 0.25) is 0 Å². The van der Waals surface area contributed by atoms with Gasteiger partial charge in [0.1, 0.15) is 0 Å². The van der Waals surface area contributed by atoms with Crippen LogP contribution in [0.15, 0.2) is 24.3 Å². The van der Waals surface area contributed by atoms with E-state index in [9.17, 15) is 9.00 Å². The van der Waals surface area contributed by atoms with Crippen LogP contribution < -0.4 is 0 Å². The topological polar surface area (TPSA) is 43.4 Å². The first kappa shape index (κ1) is 11.9. The number of carbonyl (C=O) groups is 1. The molecular weight excluding hydrogens is 212 g/mol. The van der Waals surface area contributed by atoms with Crippen molar-refractivity contribution in [2.75, 3.05) is 19.6 Å². The number of thiol groups is 1. The SMILES string of the molecule is COC(=O)c1cccc(C[SH](C)(C)=O)c1. The summed E-state index contributed by atoms with van der Waals surface area (Å²) >= 11 is 0. The van der Waals surface area contributed by atoms with Crippen LogP contribution in [0.2, 0.25) is 0 Å². The number of ether oxygens (including phenoxy) is 1. The Morgan fingerprint density at radius 2 is 2.07 bits per heavy atom. The second-order valence-electron chi connectivity index (χ2n) is 3.92. The van der Waals surface area contributed by atoms with Gasteiger partial charge in [-0.2, -0.15) is 0 Å². The van der Waals surface area contributed by atoms with E-state index in [2.05, 4.69) is 4.74 Å². The quantitative estimate of drug-likeness (QED) is 0.625.